The Balaban J connectivity index is 1.61. The number of anilines is 1. The van der Waals surface area contributed by atoms with Gasteiger partial charge in [0.25, 0.3) is 0 Å². The molecule has 0 spiro atoms. The minimum atomic E-state index is 0.00461. The van der Waals surface area contributed by atoms with Crippen molar-refractivity contribution >= 4 is 34.2 Å². The summed E-state index contributed by atoms with van der Waals surface area (Å²) in [4.78, 5) is 17.3. The average Bonchev–Trinajstić information content (AvgIpc) is 3.24. The molecule has 0 aliphatic carbocycles. The van der Waals surface area contributed by atoms with Crippen molar-refractivity contribution in [2.45, 2.75) is 52.0 Å². The van der Waals surface area contributed by atoms with Gasteiger partial charge in [-0.05, 0) is 60.2 Å². The molecule has 5 nitrogen and oxygen atoms in total. The fourth-order valence-electron chi connectivity index (χ4n) is 4.36. The molecule has 1 aromatic heterocycles. The second-order valence-electron chi connectivity index (χ2n) is 8.97. The van der Waals surface area contributed by atoms with Crippen LogP contribution in [0.15, 0.2) is 66.7 Å². The van der Waals surface area contributed by atoms with Gasteiger partial charge >= 0.3 is 0 Å². The highest BCUT2D eigenvalue weighted by Crippen LogP contribution is 2.26. The first-order chi connectivity index (χ1) is 17.6. The summed E-state index contributed by atoms with van der Waals surface area (Å²) in [7, 11) is 0. The van der Waals surface area contributed by atoms with E-state index in [1.165, 1.54) is 0 Å². The second-order valence-corrected chi connectivity index (χ2v) is 9.35. The van der Waals surface area contributed by atoms with E-state index in [1.807, 2.05) is 42.5 Å². The lowest BCUT2D eigenvalue weighted by atomic mass is 9.99. The Hall–Kier alpha value is -3.62. The first-order valence-electron chi connectivity index (χ1n) is 12.6. The van der Waals surface area contributed by atoms with Crippen molar-refractivity contribution in [1.82, 2.24) is 9.55 Å². The number of rotatable bonds is 11. The van der Waals surface area contributed by atoms with E-state index in [2.05, 4.69) is 47.1 Å². The lowest BCUT2D eigenvalue weighted by Gasteiger charge is -2.12. The summed E-state index contributed by atoms with van der Waals surface area (Å²) in [6, 6.07) is 24.2. The summed E-state index contributed by atoms with van der Waals surface area (Å²) in [5, 5.41) is 12.5. The van der Waals surface area contributed by atoms with Crippen LogP contribution < -0.4 is 5.32 Å². The number of nitriles is 1. The highest BCUT2D eigenvalue weighted by atomic mass is 35.5. The van der Waals surface area contributed by atoms with Gasteiger partial charge in [-0.15, -0.1) is 11.6 Å². The molecule has 0 radical (unpaired) electrons. The van der Waals surface area contributed by atoms with Crippen LogP contribution >= 0.6 is 11.6 Å². The van der Waals surface area contributed by atoms with Crippen molar-refractivity contribution in [2.75, 3.05) is 11.2 Å². The van der Waals surface area contributed by atoms with E-state index in [0.717, 1.165) is 71.3 Å². The molecule has 4 rings (SSSR count). The molecule has 1 heterocycles. The SMILES string of the molecule is CCCCc1nc2ccc(NC(=O)CCCCCl)cc2n1Cc1ccc(-c2ccccc2C#N)cc1. The molecule has 0 saturated carbocycles. The van der Waals surface area contributed by atoms with Gasteiger partial charge in [-0.1, -0.05) is 55.8 Å². The van der Waals surface area contributed by atoms with E-state index in [4.69, 9.17) is 16.6 Å². The maximum atomic E-state index is 12.3. The molecule has 0 aliphatic heterocycles. The number of unbranched alkanes of at least 4 members (excludes halogenated alkanes) is 2. The van der Waals surface area contributed by atoms with Crippen molar-refractivity contribution in [3.05, 3.63) is 83.7 Å². The Morgan fingerprint density at radius 1 is 1.06 bits per heavy atom. The summed E-state index contributed by atoms with van der Waals surface area (Å²) >= 11 is 5.73. The van der Waals surface area contributed by atoms with Crippen LogP contribution in [0.1, 0.15) is 56.0 Å². The number of fused-ring (bicyclic) bond motifs is 1. The Kier molecular flexibility index (Phi) is 8.76. The number of aromatic nitrogens is 2. The minimum Gasteiger partial charge on any atom is -0.326 e. The monoisotopic (exact) mass is 498 g/mol. The number of carbonyl (C=O) groups excluding carboxylic acids is 1. The van der Waals surface area contributed by atoms with Gasteiger partial charge < -0.3 is 9.88 Å². The van der Waals surface area contributed by atoms with E-state index < -0.39 is 0 Å². The number of hydrogen-bond acceptors (Lipinski definition) is 3. The van der Waals surface area contributed by atoms with Crippen LogP contribution in [0.25, 0.3) is 22.2 Å². The minimum absolute atomic E-state index is 0.00461. The van der Waals surface area contributed by atoms with Gasteiger partial charge in [0.15, 0.2) is 0 Å². The number of benzene rings is 3. The molecule has 3 aromatic carbocycles. The number of nitrogens with zero attached hydrogens (tertiary/aromatic N) is 3. The van der Waals surface area contributed by atoms with Gasteiger partial charge in [0, 0.05) is 31.0 Å². The first-order valence-corrected chi connectivity index (χ1v) is 13.1. The third kappa shape index (κ3) is 6.13. The Labute approximate surface area is 217 Å². The first kappa shape index (κ1) is 25.5. The maximum Gasteiger partial charge on any atom is 0.224 e. The molecule has 0 unspecified atom stereocenters. The Morgan fingerprint density at radius 3 is 2.61 bits per heavy atom. The molecular formula is C30H31ClN4O. The third-order valence-electron chi connectivity index (χ3n) is 6.31. The van der Waals surface area contributed by atoms with Crippen molar-refractivity contribution < 1.29 is 4.79 Å². The standard InChI is InChI=1S/C30H31ClN4O/c1-2-3-10-29-34-27-17-16-25(33-30(36)11-6-7-18-31)19-28(27)35(29)21-22-12-14-23(15-13-22)26-9-5-4-8-24(26)20-32/h4-5,8-9,12-17,19H,2-3,6-7,10-11,18,21H2,1H3,(H,33,36). The smallest absolute Gasteiger partial charge is 0.224 e. The fourth-order valence-corrected chi connectivity index (χ4v) is 4.55. The maximum absolute atomic E-state index is 12.3. The number of halogens is 1. The van der Waals surface area contributed by atoms with E-state index in [0.29, 0.717) is 24.4 Å². The average molecular weight is 499 g/mol. The summed E-state index contributed by atoms with van der Waals surface area (Å²) in [6.07, 6.45) is 5.15. The number of alkyl halides is 1. The van der Waals surface area contributed by atoms with Gasteiger partial charge in [0.2, 0.25) is 5.91 Å². The van der Waals surface area contributed by atoms with E-state index in [1.54, 1.807) is 0 Å². The summed E-state index contributed by atoms with van der Waals surface area (Å²) in [6.45, 7) is 2.87. The number of amides is 1. The van der Waals surface area contributed by atoms with Crippen molar-refractivity contribution in [1.29, 1.82) is 5.26 Å². The zero-order valence-corrected chi connectivity index (χ0v) is 21.4. The van der Waals surface area contributed by atoms with Gasteiger partial charge in [-0.2, -0.15) is 5.26 Å². The number of aryl methyl sites for hydroxylation is 1. The molecular weight excluding hydrogens is 468 g/mol. The largest absolute Gasteiger partial charge is 0.326 e. The number of carbonyl (C=O) groups is 1. The van der Waals surface area contributed by atoms with Crippen LogP contribution in [0.3, 0.4) is 0 Å². The lowest BCUT2D eigenvalue weighted by Crippen LogP contribution is -2.11. The fraction of sp³-hybridized carbons (Fsp3) is 0.300. The lowest BCUT2D eigenvalue weighted by molar-refractivity contribution is -0.116. The summed E-state index contributed by atoms with van der Waals surface area (Å²) < 4.78 is 2.26. The molecule has 0 saturated heterocycles. The summed E-state index contributed by atoms with van der Waals surface area (Å²) in [5.41, 5.74) is 6.52. The number of imidazole rings is 1. The number of nitrogens with one attached hydrogen (secondary N) is 1. The van der Waals surface area contributed by atoms with Crippen molar-refractivity contribution in [2.24, 2.45) is 0 Å². The molecule has 4 aromatic rings. The second kappa shape index (κ2) is 12.4. The highest BCUT2D eigenvalue weighted by Gasteiger charge is 2.13. The Bertz CT molecular complexity index is 1370. The quantitative estimate of drug-likeness (QED) is 0.174. The van der Waals surface area contributed by atoms with Crippen LogP contribution in [0.2, 0.25) is 0 Å². The molecule has 1 N–H and O–H groups in total. The van der Waals surface area contributed by atoms with Crippen LogP contribution in [0.5, 0.6) is 0 Å². The molecule has 184 valence electrons. The molecule has 0 atom stereocenters. The molecule has 1 amide bonds. The van der Waals surface area contributed by atoms with E-state index >= 15 is 0 Å². The molecule has 6 heteroatoms. The summed E-state index contributed by atoms with van der Waals surface area (Å²) in [5.74, 6) is 1.63. The molecule has 0 aliphatic rings. The van der Waals surface area contributed by atoms with Crippen LogP contribution in [0, 0.1) is 11.3 Å². The topological polar surface area (TPSA) is 70.7 Å². The van der Waals surface area contributed by atoms with Crippen LogP contribution in [0.4, 0.5) is 5.69 Å². The van der Waals surface area contributed by atoms with Gasteiger partial charge in [0.1, 0.15) is 5.82 Å². The van der Waals surface area contributed by atoms with Crippen molar-refractivity contribution in [3.63, 3.8) is 0 Å². The highest BCUT2D eigenvalue weighted by molar-refractivity contribution is 6.17. The van der Waals surface area contributed by atoms with E-state index in [9.17, 15) is 10.1 Å². The van der Waals surface area contributed by atoms with Crippen molar-refractivity contribution in [3.8, 4) is 17.2 Å². The molecule has 36 heavy (non-hydrogen) atoms. The third-order valence-corrected chi connectivity index (χ3v) is 6.57. The normalized spacial score (nSPS) is 10.9. The van der Waals surface area contributed by atoms with Crippen LogP contribution in [-0.2, 0) is 17.8 Å². The number of hydrogen-bond donors (Lipinski definition) is 1. The van der Waals surface area contributed by atoms with Gasteiger partial charge in [0.05, 0.1) is 22.7 Å². The molecule has 0 fully saturated rings. The van der Waals surface area contributed by atoms with Gasteiger partial charge in [-0.25, -0.2) is 4.98 Å². The zero-order chi connectivity index (χ0) is 25.3. The van der Waals surface area contributed by atoms with Crippen LogP contribution in [-0.4, -0.2) is 21.3 Å². The molecule has 0 bridgehead atoms. The zero-order valence-electron chi connectivity index (χ0n) is 20.6. The Morgan fingerprint density at radius 2 is 1.86 bits per heavy atom. The van der Waals surface area contributed by atoms with E-state index in [-0.39, 0.29) is 5.91 Å². The van der Waals surface area contributed by atoms with Gasteiger partial charge in [-0.3, -0.25) is 4.79 Å². The predicted molar refractivity (Wildman–Crippen MR) is 147 cm³/mol. The predicted octanol–water partition coefficient (Wildman–Crippen LogP) is 7.31.